The average Bonchev–Trinajstić information content (AvgIpc) is 3.67. The van der Waals surface area contributed by atoms with Gasteiger partial charge in [0.1, 0.15) is 59.0 Å². The van der Waals surface area contributed by atoms with Gasteiger partial charge in [0.15, 0.2) is 0 Å². The van der Waals surface area contributed by atoms with E-state index >= 15 is 0 Å². The Balaban J connectivity index is 0.000000234. The van der Waals surface area contributed by atoms with E-state index in [0.717, 1.165) is 33.3 Å². The van der Waals surface area contributed by atoms with E-state index in [9.17, 15) is 28.8 Å². The van der Waals surface area contributed by atoms with Crippen LogP contribution in [-0.4, -0.2) is 141 Å². The number of hydrogen-bond acceptors (Lipinski definition) is 17. The monoisotopic (exact) mass is 1190 g/mol. The lowest BCUT2D eigenvalue weighted by molar-refractivity contribution is -0.152. The summed E-state index contributed by atoms with van der Waals surface area (Å²) in [6.45, 7) is 29.4. The number of amides is 3. The number of likely N-dealkylation sites (tertiary alicyclic amines) is 1. The normalized spacial score (nSPS) is 17.4. The zero-order chi connectivity index (χ0) is 64.2. The second-order valence-corrected chi connectivity index (χ2v) is 25.1. The van der Waals surface area contributed by atoms with Gasteiger partial charge in [-0.2, -0.15) is 0 Å². The smallest absolute Gasteiger partial charge is 0.408 e. The molecule has 3 amide bonds. The fourth-order valence-corrected chi connectivity index (χ4v) is 9.36. The van der Waals surface area contributed by atoms with Crippen molar-refractivity contribution < 1.29 is 62.3 Å². The molecule has 4 heterocycles. The Hall–Kier alpha value is -8.98. The van der Waals surface area contributed by atoms with Gasteiger partial charge in [-0.3, -0.25) is 9.59 Å². The number of aliphatic carboxylic acids is 1. The van der Waals surface area contributed by atoms with E-state index in [0.29, 0.717) is 41.3 Å². The summed E-state index contributed by atoms with van der Waals surface area (Å²) in [4.78, 5) is 94.3. The molecule has 2 fully saturated rings. The second-order valence-electron chi connectivity index (χ2n) is 25.1. The van der Waals surface area contributed by atoms with Crippen molar-refractivity contribution in [3.8, 4) is 34.3 Å². The van der Waals surface area contributed by atoms with E-state index < -0.39 is 76.3 Å². The van der Waals surface area contributed by atoms with E-state index in [4.69, 9.17) is 53.5 Å². The molecule has 0 radical (unpaired) electrons. The van der Waals surface area contributed by atoms with Crippen molar-refractivity contribution >= 4 is 70.2 Å². The van der Waals surface area contributed by atoms with Gasteiger partial charge in [0.05, 0.1) is 42.8 Å². The summed E-state index contributed by atoms with van der Waals surface area (Å²) < 4.78 is 32.9. The van der Waals surface area contributed by atoms with E-state index in [-0.39, 0.29) is 37.0 Å². The molecular weight excluding hydrogens is 1110 g/mol. The Morgan fingerprint density at radius 3 is 1.41 bits per heavy atom. The molecule has 0 bridgehead atoms. The molecule has 6 atom stereocenters. The van der Waals surface area contributed by atoms with Crippen molar-refractivity contribution in [1.29, 1.82) is 0 Å². The van der Waals surface area contributed by atoms with Crippen LogP contribution in [0.25, 0.3) is 56.7 Å². The fourth-order valence-electron chi connectivity index (χ4n) is 9.36. The number of hydrogen-bond donors (Lipinski definition) is 4. The summed E-state index contributed by atoms with van der Waals surface area (Å²) in [5, 5.41) is 17.2. The number of rotatable bonds is 14. The zero-order valence-corrected chi connectivity index (χ0v) is 52.2. The molecule has 21 heteroatoms. The van der Waals surface area contributed by atoms with Crippen LogP contribution < -0.4 is 25.4 Å². The number of alkyl carbamates (subject to hydrolysis) is 2. The number of benzene rings is 4. The number of fused-ring (bicyclic) bond motifs is 2. The highest BCUT2D eigenvalue weighted by Gasteiger charge is 2.47. The van der Waals surface area contributed by atoms with Gasteiger partial charge in [0.25, 0.3) is 0 Å². The minimum atomic E-state index is -1.07. The molecule has 0 unspecified atom stereocenters. The van der Waals surface area contributed by atoms with Gasteiger partial charge >= 0.3 is 30.1 Å². The summed E-state index contributed by atoms with van der Waals surface area (Å²) >= 11 is 0. The van der Waals surface area contributed by atoms with Crippen molar-refractivity contribution in [3.63, 3.8) is 0 Å². The predicted octanol–water partition coefficient (Wildman–Crippen LogP) is 10.6. The van der Waals surface area contributed by atoms with Crippen LogP contribution in [0.5, 0.6) is 11.8 Å². The molecule has 0 aliphatic carbocycles. The molecule has 0 spiro atoms. The summed E-state index contributed by atoms with van der Waals surface area (Å²) in [7, 11) is 2.66. The van der Waals surface area contributed by atoms with Crippen molar-refractivity contribution in [3.05, 3.63) is 121 Å². The Morgan fingerprint density at radius 2 is 1.01 bits per heavy atom. The molecule has 4 aromatic carbocycles. The van der Waals surface area contributed by atoms with Gasteiger partial charge < -0.3 is 54.4 Å². The van der Waals surface area contributed by atoms with E-state index in [1.54, 1.807) is 74.5 Å². The number of methoxy groups -OCH3 is 2. The summed E-state index contributed by atoms with van der Waals surface area (Å²) in [6, 6.07) is 27.5. The number of ether oxygens (including phenoxy) is 6. The summed E-state index contributed by atoms with van der Waals surface area (Å²) in [5.74, 6) is -1.64. The highest BCUT2D eigenvalue weighted by atomic mass is 16.6. The molecule has 464 valence electrons. The van der Waals surface area contributed by atoms with Gasteiger partial charge in [0.2, 0.25) is 17.7 Å². The first-order valence-corrected chi connectivity index (χ1v) is 28.5. The number of para-hydroxylation sites is 4. The van der Waals surface area contributed by atoms with Gasteiger partial charge in [-0.1, -0.05) is 128 Å². The predicted molar refractivity (Wildman–Crippen MR) is 332 cm³/mol. The molecule has 2 aliphatic heterocycles. The Bertz CT molecular complexity index is 3470. The number of nitrogens with one attached hydrogen (secondary N) is 3. The van der Waals surface area contributed by atoms with Crippen LogP contribution in [0, 0.1) is 10.8 Å². The van der Waals surface area contributed by atoms with Crippen molar-refractivity contribution in [2.45, 2.75) is 144 Å². The van der Waals surface area contributed by atoms with Crippen LogP contribution >= 0.6 is 0 Å². The molecule has 21 nitrogen and oxygen atoms in total. The van der Waals surface area contributed by atoms with Crippen LogP contribution in [0.4, 0.5) is 9.59 Å². The van der Waals surface area contributed by atoms with Crippen molar-refractivity contribution in [1.82, 2.24) is 40.8 Å². The lowest BCUT2D eigenvalue weighted by atomic mass is 9.85. The van der Waals surface area contributed by atoms with Gasteiger partial charge in [-0.25, -0.2) is 39.1 Å². The maximum Gasteiger partial charge on any atom is 0.408 e. The first-order valence-electron chi connectivity index (χ1n) is 28.5. The molecule has 6 aromatic rings. The topological polar surface area (TPSA) is 269 Å². The first kappa shape index (κ1) is 67.2. The zero-order valence-electron chi connectivity index (χ0n) is 52.2. The third-order valence-corrected chi connectivity index (χ3v) is 13.6. The number of carbonyl (C=O) groups is 6. The van der Waals surface area contributed by atoms with E-state index in [1.165, 1.54) is 19.1 Å². The number of carboxylic acids is 1. The van der Waals surface area contributed by atoms with Gasteiger partial charge in [-0.05, 0) is 99.9 Å². The largest absolute Gasteiger partial charge is 0.480 e. The third kappa shape index (κ3) is 18.8. The van der Waals surface area contributed by atoms with Crippen LogP contribution in [0.1, 0.15) is 107 Å². The van der Waals surface area contributed by atoms with Crippen LogP contribution in [0.15, 0.2) is 110 Å². The minimum absolute atomic E-state index is 0.0713. The molecule has 4 N–H and O–H groups in total. The van der Waals surface area contributed by atoms with Crippen LogP contribution in [0.2, 0.25) is 0 Å². The summed E-state index contributed by atoms with van der Waals surface area (Å²) in [5.41, 5.74) is 5.05. The number of carbonyl (C=O) groups excluding carboxylic acids is 5. The second kappa shape index (κ2) is 28.5. The fraction of sp³-hybridized carbons (Fsp3) is 0.424. The van der Waals surface area contributed by atoms with Crippen LogP contribution in [0.3, 0.4) is 0 Å². The number of carboxylic acid groups (broad SMARTS) is 1. The molecule has 2 saturated heterocycles. The highest BCUT2D eigenvalue weighted by Crippen LogP contribution is 2.35. The lowest BCUT2D eigenvalue weighted by Gasteiger charge is -2.35. The third-order valence-electron chi connectivity index (χ3n) is 13.6. The molecule has 8 rings (SSSR count). The highest BCUT2D eigenvalue weighted by molar-refractivity contribution is 5.91. The number of nitrogens with zero attached hydrogens (tertiary/aromatic N) is 5. The lowest BCUT2D eigenvalue weighted by Crippen LogP contribution is -2.57. The van der Waals surface area contributed by atoms with E-state index in [1.807, 2.05) is 118 Å². The molecule has 87 heavy (non-hydrogen) atoms. The molecule has 0 saturated carbocycles. The molecular formula is C66H82N8O13. The standard InChI is InChI=1S/C33H40N4O6.C22H21N3O3.C11H21NO4/c1-9-20-13-12-14-21(17-20)26-28(35-24-16-11-10-15-23(24)34-26)42-22-18-25(30(39)41-8)37(19-22)29(38)27(32(2,3)4)36-31(40)43-33(5,6)7;1-3-14-7-6-8-15(11-14)20-21(25-18-10-5-4-9-17(18)24-20)28-16-12-19(23-13-16)22(26)27-2;1-10(2,3)7(8(13)14)12-9(15)16-11(4,5)6/h9-17,22,25,27H,1,18-19H2,2-8H3,(H,36,40);3-11,16,19,23H,1,12-13H2,2H3;7H,1-6H3,(H,12,15)(H,13,14)/t22-,25+,27-;16-,19+;7-/m111/s1. The first-order chi connectivity index (χ1) is 40.8. The Morgan fingerprint density at radius 1 is 0.586 bits per heavy atom. The minimum Gasteiger partial charge on any atom is -0.480 e. The van der Waals surface area contributed by atoms with Gasteiger partial charge in [0, 0.05) is 30.5 Å². The van der Waals surface area contributed by atoms with E-state index in [2.05, 4.69) is 29.1 Å². The van der Waals surface area contributed by atoms with Crippen molar-refractivity contribution in [2.75, 3.05) is 27.3 Å². The SMILES string of the molecule is C=Cc1cccc(-c2nc3ccccc3nc2O[C@@H]2C[C@@H](C(=O)OC)N(C(=O)[C@@H](NC(=O)OC(C)(C)C)C(C)(C)C)C2)c1.C=Cc1cccc(-c2nc3ccccc3nc2O[C@H]2CN[C@H](C(=O)OC)C2)c1.CC(C)(C)OC(=O)N[C@H](C(=O)O)C(C)(C)C. The van der Waals surface area contributed by atoms with Gasteiger partial charge in [-0.15, -0.1) is 0 Å². The molecule has 2 aliphatic rings. The van der Waals surface area contributed by atoms with Crippen LogP contribution in [-0.2, 0) is 38.1 Å². The van der Waals surface area contributed by atoms with Crippen molar-refractivity contribution in [2.24, 2.45) is 10.8 Å². The summed E-state index contributed by atoms with van der Waals surface area (Å²) in [6.07, 6.45) is 2.00. The Labute approximate surface area is 508 Å². The maximum absolute atomic E-state index is 14.0. The Kier molecular flexibility index (Phi) is 22.0. The molecule has 2 aromatic heterocycles. The average molecular weight is 1200 g/mol. The maximum atomic E-state index is 14.0. The quantitative estimate of drug-likeness (QED) is 0.0583. The number of esters is 2. The number of aromatic nitrogens is 4.